The molecule has 1 N–H and O–H groups in total. The number of hydrogen-bond donors (Lipinski definition) is 1. The molecule has 0 rings (SSSR count). The van der Waals surface area contributed by atoms with E-state index >= 15 is 0 Å². The van der Waals surface area contributed by atoms with Gasteiger partial charge in [-0.3, -0.25) is 9.35 Å². The molecule has 28 heavy (non-hydrogen) atoms. The fraction of sp³-hybridized carbons (Fsp3) is 0.857. The van der Waals surface area contributed by atoms with Crippen LogP contribution >= 0.6 is 0 Å². The summed E-state index contributed by atoms with van der Waals surface area (Å²) in [5.74, 6) is -0.460. The van der Waals surface area contributed by atoms with E-state index in [2.05, 4.69) is 19.1 Å². The zero-order valence-electron chi connectivity index (χ0n) is 17.5. The molecule has 0 aliphatic rings. The van der Waals surface area contributed by atoms with E-state index in [0.29, 0.717) is 6.42 Å². The number of carbonyl (C=O) groups is 1. The Bertz CT molecular complexity index is 495. The van der Waals surface area contributed by atoms with Crippen LogP contribution in [0.15, 0.2) is 12.2 Å². The van der Waals surface area contributed by atoms with Gasteiger partial charge in [0, 0.05) is 20.0 Å². The van der Waals surface area contributed by atoms with Gasteiger partial charge < -0.3 is 4.90 Å². The molecule has 0 atom stereocenters. The van der Waals surface area contributed by atoms with Crippen LogP contribution in [0.4, 0.5) is 0 Å². The number of hydrogen-bond acceptors (Lipinski definition) is 3. The molecule has 0 saturated carbocycles. The van der Waals surface area contributed by atoms with Crippen LogP contribution in [-0.2, 0) is 14.9 Å². The summed E-state index contributed by atoms with van der Waals surface area (Å²) in [4.78, 5) is 13.2. The van der Waals surface area contributed by atoms with E-state index in [1.807, 2.05) is 0 Å². The third-order valence-electron chi connectivity index (χ3n) is 4.76. The Morgan fingerprint density at radius 2 is 1.32 bits per heavy atom. The number of allylic oxidation sites excluding steroid dienone is 2. The molecule has 0 aliphatic carbocycles. The van der Waals surface area contributed by atoms with E-state index < -0.39 is 15.9 Å². The molecule has 0 aromatic rings. The van der Waals surface area contributed by atoms with Crippen LogP contribution in [0, 0.1) is 0 Å². The predicted molar refractivity (Wildman–Crippen MR) is 121 cm³/mol. The molecule has 0 saturated heterocycles. The summed E-state index contributed by atoms with van der Waals surface area (Å²) in [6.45, 7) is 2.29. The zero-order valence-corrected chi connectivity index (χ0v) is 18.3. The maximum atomic E-state index is 11.8. The Morgan fingerprint density at radius 1 is 0.857 bits per heavy atom. The van der Waals surface area contributed by atoms with Gasteiger partial charge in [0.1, 0.15) is 0 Å². The van der Waals surface area contributed by atoms with Crippen LogP contribution in [0.25, 0.3) is 0 Å². The average molecular weight is 444 g/mol. The molecule has 0 aliphatic heterocycles. The van der Waals surface area contributed by atoms with Crippen molar-refractivity contribution in [3.63, 3.8) is 0 Å². The maximum absolute atomic E-state index is 11.8. The van der Waals surface area contributed by atoms with Gasteiger partial charge in [-0.15, -0.1) is 0 Å². The molecule has 162 valence electrons. The molecule has 0 fully saturated rings. The van der Waals surface area contributed by atoms with Crippen molar-refractivity contribution >= 4 is 67.4 Å². The van der Waals surface area contributed by atoms with E-state index in [4.69, 9.17) is 4.55 Å². The van der Waals surface area contributed by atoms with Gasteiger partial charge in [-0.2, -0.15) is 8.42 Å². The number of rotatable bonds is 18. The van der Waals surface area contributed by atoms with Crippen LogP contribution in [-0.4, -0.2) is 94.5 Å². The third kappa shape index (κ3) is 23.0. The molecule has 0 bridgehead atoms. The first-order valence-electron chi connectivity index (χ1n) is 10.7. The van der Waals surface area contributed by atoms with Crippen LogP contribution in [0.3, 0.4) is 0 Å². The van der Waals surface area contributed by atoms with Crippen molar-refractivity contribution in [3.8, 4) is 0 Å². The van der Waals surface area contributed by atoms with Gasteiger partial charge in [0.25, 0.3) is 10.1 Å². The summed E-state index contributed by atoms with van der Waals surface area (Å²) in [6.07, 6.45) is 20.9. The Labute approximate surface area is 216 Å². The summed E-state index contributed by atoms with van der Waals surface area (Å²) < 4.78 is 30.1. The van der Waals surface area contributed by atoms with Crippen LogP contribution in [0.2, 0.25) is 0 Å². The second-order valence-corrected chi connectivity index (χ2v) is 9.01. The van der Waals surface area contributed by atoms with E-state index in [-0.39, 0.29) is 63.8 Å². The van der Waals surface area contributed by atoms with Gasteiger partial charge in [-0.1, -0.05) is 70.4 Å². The molecular weight excluding hydrogens is 401 g/mol. The molecule has 0 aromatic heterocycles. The van der Waals surface area contributed by atoms with Crippen molar-refractivity contribution in [2.75, 3.05) is 19.3 Å². The van der Waals surface area contributed by atoms with E-state index in [0.717, 1.165) is 25.7 Å². The SMILES string of the molecule is CCCCCCCC/C=C\CCCCCCCC(=O)N(C)CCS(=O)(=O)O.[KH]. The van der Waals surface area contributed by atoms with Gasteiger partial charge in [0.2, 0.25) is 5.91 Å². The van der Waals surface area contributed by atoms with Gasteiger partial charge in [0.05, 0.1) is 5.75 Å². The Kier molecular flexibility index (Phi) is 23.2. The Hall–Kier alpha value is 0.756. The number of nitrogens with zero attached hydrogens (tertiary/aromatic N) is 1. The van der Waals surface area contributed by atoms with Gasteiger partial charge in [0.15, 0.2) is 0 Å². The average Bonchev–Trinajstić information content (AvgIpc) is 2.62. The molecule has 5 nitrogen and oxygen atoms in total. The molecule has 7 heteroatoms. The topological polar surface area (TPSA) is 74.7 Å². The second-order valence-electron chi connectivity index (χ2n) is 7.44. The number of unbranched alkanes of at least 4 members (excludes halogenated alkanes) is 11. The predicted octanol–water partition coefficient (Wildman–Crippen LogP) is 4.72. The van der Waals surface area contributed by atoms with E-state index in [9.17, 15) is 13.2 Å². The Balaban J connectivity index is 0. The molecule has 0 aromatic carbocycles. The third-order valence-corrected chi connectivity index (χ3v) is 5.46. The molecular formula is C21H42KNO4S. The summed E-state index contributed by atoms with van der Waals surface area (Å²) >= 11 is 0. The van der Waals surface area contributed by atoms with Crippen LogP contribution < -0.4 is 0 Å². The van der Waals surface area contributed by atoms with E-state index in [1.165, 1.54) is 62.7 Å². The monoisotopic (exact) mass is 443 g/mol. The molecule has 0 heterocycles. The van der Waals surface area contributed by atoms with Crippen molar-refractivity contribution in [1.82, 2.24) is 4.90 Å². The standard InChI is InChI=1S/C21H41NO4S.K.H/c1-3-4-5-6-7-8-9-10-11-12-13-14-15-16-17-18-21(23)22(2)19-20-27(24,25)26;;/h10-11H,3-9,12-20H2,1-2H3,(H,24,25,26);;/b11-10-;;. The minimum absolute atomic E-state index is 0. The quantitative estimate of drug-likeness (QED) is 0.144. The van der Waals surface area contributed by atoms with Gasteiger partial charge in [-0.25, -0.2) is 0 Å². The molecule has 0 radical (unpaired) electrons. The normalized spacial score (nSPS) is 11.5. The van der Waals surface area contributed by atoms with Gasteiger partial charge in [-0.05, 0) is 32.1 Å². The number of amides is 1. The first-order chi connectivity index (χ1) is 12.9. The van der Waals surface area contributed by atoms with Crippen LogP contribution in [0.1, 0.15) is 96.8 Å². The fourth-order valence-electron chi connectivity index (χ4n) is 2.91. The summed E-state index contributed by atoms with van der Waals surface area (Å²) in [5, 5.41) is 0. The number of carbonyl (C=O) groups excluding carboxylic acids is 1. The van der Waals surface area contributed by atoms with Crippen molar-refractivity contribution in [3.05, 3.63) is 12.2 Å². The summed E-state index contributed by atoms with van der Waals surface area (Å²) in [5.41, 5.74) is 0. The molecule has 0 unspecified atom stereocenters. The van der Waals surface area contributed by atoms with E-state index in [1.54, 1.807) is 7.05 Å². The first kappa shape index (κ1) is 30.9. The van der Waals surface area contributed by atoms with Crippen molar-refractivity contribution in [2.45, 2.75) is 96.8 Å². The first-order valence-corrected chi connectivity index (χ1v) is 12.3. The van der Waals surface area contributed by atoms with Crippen LogP contribution in [0.5, 0.6) is 0 Å². The fourth-order valence-corrected chi connectivity index (χ4v) is 3.42. The van der Waals surface area contributed by atoms with Crippen molar-refractivity contribution < 1.29 is 17.8 Å². The summed E-state index contributed by atoms with van der Waals surface area (Å²) in [6, 6.07) is 0. The molecule has 1 amide bonds. The van der Waals surface area contributed by atoms with Crippen molar-refractivity contribution in [1.29, 1.82) is 0 Å². The minimum atomic E-state index is -4.00. The Morgan fingerprint density at radius 3 is 1.82 bits per heavy atom. The second kappa shape index (κ2) is 21.0. The molecule has 0 spiro atoms. The zero-order chi connectivity index (χ0) is 20.4. The van der Waals surface area contributed by atoms with Crippen molar-refractivity contribution in [2.24, 2.45) is 0 Å². The van der Waals surface area contributed by atoms with Gasteiger partial charge >= 0.3 is 51.4 Å². The summed E-state index contributed by atoms with van der Waals surface area (Å²) in [7, 11) is -2.43.